The number of Topliss-reactive ketones (excluding diaryl/α,β-unsaturated/α-hetero) is 1. The summed E-state index contributed by atoms with van der Waals surface area (Å²) in [6.07, 6.45) is 0.0945. The Morgan fingerprint density at radius 1 is 1.25 bits per heavy atom. The smallest absolute Gasteiger partial charge is 0.170 e. The van der Waals surface area contributed by atoms with Gasteiger partial charge in [0.1, 0.15) is 11.6 Å². The van der Waals surface area contributed by atoms with Gasteiger partial charge >= 0.3 is 0 Å². The van der Waals surface area contributed by atoms with Gasteiger partial charge in [0, 0.05) is 26.1 Å². The first-order valence-corrected chi connectivity index (χ1v) is 6.43. The predicted molar refractivity (Wildman–Crippen MR) is 72.5 cm³/mol. The number of aliphatic hydroxyl groups excluding tert-OH is 2. The number of carbonyl (C=O) groups excluding carboxylic acids is 1. The van der Waals surface area contributed by atoms with Crippen LogP contribution in [0.2, 0.25) is 0 Å². The number of hydrogen-bond donors (Lipinski definition) is 2. The van der Waals surface area contributed by atoms with Crippen molar-refractivity contribution >= 4 is 5.78 Å². The number of ether oxygens (including phenoxy) is 1. The second kappa shape index (κ2) is 8.63. The molecule has 0 saturated heterocycles. The fourth-order valence-electron chi connectivity index (χ4n) is 1.95. The third-order valence-electron chi connectivity index (χ3n) is 2.96. The Balaban J connectivity index is 2.71. The molecule has 0 spiro atoms. The van der Waals surface area contributed by atoms with Crippen molar-refractivity contribution in [2.24, 2.45) is 0 Å². The van der Waals surface area contributed by atoms with E-state index in [1.165, 1.54) is 25.3 Å². The van der Waals surface area contributed by atoms with Gasteiger partial charge < -0.3 is 14.9 Å². The first-order chi connectivity index (χ1) is 9.63. The molecule has 0 saturated carbocycles. The summed E-state index contributed by atoms with van der Waals surface area (Å²) in [6, 6.07) is 4.24. The Kier molecular flexibility index (Phi) is 7.14. The molecule has 6 heteroatoms. The van der Waals surface area contributed by atoms with Gasteiger partial charge in [0.25, 0.3) is 0 Å². The summed E-state index contributed by atoms with van der Waals surface area (Å²) in [5.41, 5.74) is -0.0528. The molecule has 2 N–H and O–H groups in total. The molecule has 0 heterocycles. The highest BCUT2D eigenvalue weighted by Crippen LogP contribution is 2.22. The monoisotopic (exact) mass is 285 g/mol. The van der Waals surface area contributed by atoms with Crippen LogP contribution in [0.25, 0.3) is 0 Å². The Bertz CT molecular complexity index is 433. The van der Waals surface area contributed by atoms with Gasteiger partial charge in [0.15, 0.2) is 5.78 Å². The number of carbonyl (C=O) groups is 1. The SMILES string of the molecule is COc1cccc(F)c1C(=O)CCN(CCO)CCO. The van der Waals surface area contributed by atoms with Gasteiger partial charge in [-0.3, -0.25) is 9.69 Å². The summed E-state index contributed by atoms with van der Waals surface area (Å²) in [4.78, 5) is 13.8. The molecule has 20 heavy (non-hydrogen) atoms. The van der Waals surface area contributed by atoms with Crippen LogP contribution in [0.5, 0.6) is 5.75 Å². The van der Waals surface area contributed by atoms with E-state index >= 15 is 0 Å². The van der Waals surface area contributed by atoms with E-state index in [4.69, 9.17) is 14.9 Å². The van der Waals surface area contributed by atoms with Crippen LogP contribution in [-0.4, -0.2) is 60.9 Å². The lowest BCUT2D eigenvalue weighted by Crippen LogP contribution is -2.32. The highest BCUT2D eigenvalue weighted by Gasteiger charge is 2.18. The van der Waals surface area contributed by atoms with Crippen molar-refractivity contribution in [2.45, 2.75) is 6.42 Å². The molecule has 0 aromatic heterocycles. The zero-order valence-electron chi connectivity index (χ0n) is 11.5. The van der Waals surface area contributed by atoms with Gasteiger partial charge in [-0.1, -0.05) is 6.07 Å². The molecule has 0 radical (unpaired) electrons. The second-order valence-corrected chi connectivity index (χ2v) is 4.28. The topological polar surface area (TPSA) is 70.0 Å². The van der Waals surface area contributed by atoms with Crippen molar-refractivity contribution in [2.75, 3.05) is 40.0 Å². The molecule has 0 aliphatic carbocycles. The van der Waals surface area contributed by atoms with Crippen molar-refractivity contribution in [3.63, 3.8) is 0 Å². The average molecular weight is 285 g/mol. The molecule has 1 aromatic rings. The first-order valence-electron chi connectivity index (χ1n) is 6.43. The zero-order valence-corrected chi connectivity index (χ0v) is 11.5. The van der Waals surface area contributed by atoms with Gasteiger partial charge in [-0.25, -0.2) is 4.39 Å². The number of rotatable bonds is 9. The Labute approximate surface area is 117 Å². The summed E-state index contributed by atoms with van der Waals surface area (Å²) in [7, 11) is 1.38. The van der Waals surface area contributed by atoms with Gasteiger partial charge in [0.2, 0.25) is 0 Å². The number of benzene rings is 1. The molecule has 1 rings (SSSR count). The van der Waals surface area contributed by atoms with E-state index in [1.54, 1.807) is 4.90 Å². The van der Waals surface area contributed by atoms with Crippen LogP contribution >= 0.6 is 0 Å². The molecule has 0 unspecified atom stereocenters. The Morgan fingerprint density at radius 2 is 1.90 bits per heavy atom. The van der Waals surface area contributed by atoms with Crippen molar-refractivity contribution in [3.05, 3.63) is 29.6 Å². The van der Waals surface area contributed by atoms with E-state index in [1.807, 2.05) is 0 Å². The molecular formula is C14H20FNO4. The summed E-state index contributed by atoms with van der Waals surface area (Å²) in [5, 5.41) is 17.8. The number of ketones is 1. The number of aliphatic hydroxyl groups is 2. The molecule has 1 aromatic carbocycles. The highest BCUT2D eigenvalue weighted by molar-refractivity contribution is 5.99. The zero-order chi connectivity index (χ0) is 15.0. The number of nitrogens with zero attached hydrogens (tertiary/aromatic N) is 1. The predicted octanol–water partition coefficient (Wildman–Crippen LogP) is 0.694. The van der Waals surface area contributed by atoms with Crippen LogP contribution in [0.15, 0.2) is 18.2 Å². The van der Waals surface area contributed by atoms with Crippen LogP contribution < -0.4 is 4.74 Å². The molecular weight excluding hydrogens is 265 g/mol. The van der Waals surface area contributed by atoms with Crippen LogP contribution in [0.3, 0.4) is 0 Å². The third-order valence-corrected chi connectivity index (χ3v) is 2.96. The van der Waals surface area contributed by atoms with E-state index in [0.717, 1.165) is 0 Å². The molecule has 0 fully saturated rings. The van der Waals surface area contributed by atoms with E-state index < -0.39 is 5.82 Å². The van der Waals surface area contributed by atoms with Gasteiger partial charge in [-0.05, 0) is 12.1 Å². The Hall–Kier alpha value is -1.50. The van der Waals surface area contributed by atoms with E-state index in [2.05, 4.69) is 0 Å². The summed E-state index contributed by atoms with van der Waals surface area (Å²) >= 11 is 0. The lowest BCUT2D eigenvalue weighted by atomic mass is 10.1. The van der Waals surface area contributed by atoms with Crippen molar-refractivity contribution in [3.8, 4) is 5.75 Å². The van der Waals surface area contributed by atoms with Crippen LogP contribution in [0.4, 0.5) is 4.39 Å². The number of halogens is 1. The number of hydrogen-bond acceptors (Lipinski definition) is 5. The van der Waals surface area contributed by atoms with Gasteiger partial charge in [-0.15, -0.1) is 0 Å². The van der Waals surface area contributed by atoms with Crippen molar-refractivity contribution in [1.82, 2.24) is 4.90 Å². The van der Waals surface area contributed by atoms with E-state index in [9.17, 15) is 9.18 Å². The molecule has 0 atom stereocenters. The average Bonchev–Trinajstić information content (AvgIpc) is 2.44. The fraction of sp³-hybridized carbons (Fsp3) is 0.500. The van der Waals surface area contributed by atoms with Crippen molar-refractivity contribution < 1.29 is 24.1 Å². The molecule has 0 bridgehead atoms. The molecule has 112 valence electrons. The quantitative estimate of drug-likeness (QED) is 0.653. The lowest BCUT2D eigenvalue weighted by Gasteiger charge is -2.19. The van der Waals surface area contributed by atoms with Crippen LogP contribution in [-0.2, 0) is 0 Å². The van der Waals surface area contributed by atoms with Gasteiger partial charge in [-0.2, -0.15) is 0 Å². The van der Waals surface area contributed by atoms with Crippen molar-refractivity contribution in [1.29, 1.82) is 0 Å². The minimum absolute atomic E-state index is 0.0528. The largest absolute Gasteiger partial charge is 0.496 e. The maximum atomic E-state index is 13.7. The number of methoxy groups -OCH3 is 1. The standard InChI is InChI=1S/C14H20FNO4/c1-20-13-4-2-3-11(15)14(13)12(19)5-6-16(7-9-17)8-10-18/h2-4,17-18H,5-10H2,1H3. The summed E-state index contributed by atoms with van der Waals surface area (Å²) < 4.78 is 18.7. The first kappa shape index (κ1) is 16.6. The normalized spacial score (nSPS) is 10.8. The molecule has 0 amide bonds. The molecule has 0 aliphatic heterocycles. The minimum atomic E-state index is -0.606. The lowest BCUT2D eigenvalue weighted by molar-refractivity contribution is 0.0940. The van der Waals surface area contributed by atoms with E-state index in [-0.39, 0.29) is 36.7 Å². The maximum absolute atomic E-state index is 13.7. The fourth-order valence-corrected chi connectivity index (χ4v) is 1.95. The maximum Gasteiger partial charge on any atom is 0.170 e. The summed E-state index contributed by atoms with van der Waals surface area (Å²) in [5.74, 6) is -0.753. The van der Waals surface area contributed by atoms with Crippen LogP contribution in [0.1, 0.15) is 16.8 Å². The van der Waals surface area contributed by atoms with Crippen LogP contribution in [0, 0.1) is 5.82 Å². The van der Waals surface area contributed by atoms with E-state index in [0.29, 0.717) is 19.6 Å². The Morgan fingerprint density at radius 3 is 2.45 bits per heavy atom. The molecule has 5 nitrogen and oxygen atoms in total. The molecule has 0 aliphatic rings. The second-order valence-electron chi connectivity index (χ2n) is 4.28. The third kappa shape index (κ3) is 4.56. The van der Waals surface area contributed by atoms with Gasteiger partial charge in [0.05, 0.1) is 25.9 Å². The summed E-state index contributed by atoms with van der Waals surface area (Å²) in [6.45, 7) is 0.955. The minimum Gasteiger partial charge on any atom is -0.496 e. The highest BCUT2D eigenvalue weighted by atomic mass is 19.1.